The molecular formula is C36H28I2NO2P. The summed E-state index contributed by atoms with van der Waals surface area (Å²) in [6.45, 7) is 4.51. The smallest absolute Gasteiger partial charge is 0.310 e. The third-order valence-electron chi connectivity index (χ3n) is 8.05. The third kappa shape index (κ3) is 4.94. The minimum absolute atomic E-state index is 0.0359. The highest BCUT2D eigenvalue weighted by Gasteiger charge is 2.30. The first kappa shape index (κ1) is 28.0. The second kappa shape index (κ2) is 11.7. The van der Waals surface area contributed by atoms with Crippen molar-refractivity contribution in [1.29, 1.82) is 0 Å². The van der Waals surface area contributed by atoms with E-state index >= 15 is 0 Å². The molecule has 0 aliphatic heterocycles. The molecule has 0 N–H and O–H groups in total. The van der Waals surface area contributed by atoms with Crippen molar-refractivity contribution in [3.63, 3.8) is 0 Å². The van der Waals surface area contributed by atoms with Crippen molar-refractivity contribution in [2.24, 2.45) is 0 Å². The Hall–Kier alpha value is -2.84. The quantitative estimate of drug-likeness (QED) is 0.163. The van der Waals surface area contributed by atoms with Crippen molar-refractivity contribution < 1.29 is 8.39 Å². The zero-order chi connectivity index (χ0) is 28.8. The molecule has 3 nitrogen and oxygen atoms in total. The van der Waals surface area contributed by atoms with Crippen LogP contribution in [0.2, 0.25) is 0 Å². The monoisotopic (exact) mass is 791 g/mol. The van der Waals surface area contributed by atoms with Gasteiger partial charge in [-0.05, 0) is 104 Å². The highest BCUT2D eigenvalue weighted by atomic mass is 127. The Labute approximate surface area is 273 Å². The van der Waals surface area contributed by atoms with Gasteiger partial charge in [0, 0.05) is 22.9 Å². The van der Waals surface area contributed by atoms with Crippen molar-refractivity contribution in [1.82, 2.24) is 0 Å². The number of benzene rings is 6. The summed E-state index contributed by atoms with van der Waals surface area (Å²) in [7, 11) is -1.58. The van der Waals surface area contributed by atoms with Crippen LogP contribution in [0.3, 0.4) is 0 Å². The van der Waals surface area contributed by atoms with Gasteiger partial charge in [-0.25, -0.2) is 0 Å². The standard InChI is InChI=1S/C36H28I2NO2P/c1-23(25-13-5-3-6-14-25)39(24(2)26-15-7-4-8-16-26)42-40-35-31(37)21-27-17-9-11-19-29(27)33(35)34-30-20-12-10-18-28(30)22-32(38)36(34)41-42/h3-24H,1-2H3. The minimum atomic E-state index is -1.58. The van der Waals surface area contributed by atoms with Crippen molar-refractivity contribution in [2.45, 2.75) is 25.9 Å². The maximum atomic E-state index is 7.19. The lowest BCUT2D eigenvalue weighted by molar-refractivity contribution is 0.557. The highest BCUT2D eigenvalue weighted by molar-refractivity contribution is 14.1. The zero-order valence-electron chi connectivity index (χ0n) is 23.2. The van der Waals surface area contributed by atoms with E-state index in [0.29, 0.717) is 0 Å². The molecule has 0 aliphatic rings. The van der Waals surface area contributed by atoms with E-state index in [0.717, 1.165) is 29.1 Å². The van der Waals surface area contributed by atoms with Crippen molar-refractivity contribution in [3.05, 3.63) is 140 Å². The fourth-order valence-electron chi connectivity index (χ4n) is 5.92. The van der Waals surface area contributed by atoms with E-state index in [4.69, 9.17) is 8.39 Å². The van der Waals surface area contributed by atoms with Gasteiger partial charge < -0.3 is 8.39 Å². The summed E-state index contributed by atoms with van der Waals surface area (Å²) < 4.78 is 19.0. The molecular weight excluding hydrogens is 763 g/mol. The van der Waals surface area contributed by atoms with E-state index in [-0.39, 0.29) is 12.1 Å². The van der Waals surface area contributed by atoms with E-state index < -0.39 is 8.16 Å². The highest BCUT2D eigenvalue weighted by Crippen LogP contribution is 2.49. The number of nitrogens with zero attached hydrogens (tertiary/aromatic N) is 1. The zero-order valence-corrected chi connectivity index (χ0v) is 28.4. The molecule has 0 saturated heterocycles. The lowest BCUT2D eigenvalue weighted by Crippen LogP contribution is -2.27. The summed E-state index contributed by atoms with van der Waals surface area (Å²) in [4.78, 5) is 0. The normalized spacial score (nSPS) is 13.3. The molecule has 1 aromatic heterocycles. The molecule has 0 amide bonds. The number of rotatable bonds is 5. The molecule has 6 heteroatoms. The third-order valence-corrected chi connectivity index (χ3v) is 11.4. The number of fused-ring (bicyclic) bond motifs is 7. The average Bonchev–Trinajstić information content (AvgIpc) is 3.21. The SMILES string of the molecule is CC(c1ccccc1)N(C(C)c1ccccc1)p1oc2c(I)cc3ccccc3c2c2c(o1)c(I)cc1ccccc12. The summed E-state index contributed by atoms with van der Waals surface area (Å²) >= 11 is 4.88. The molecule has 1 heterocycles. The molecule has 42 heavy (non-hydrogen) atoms. The van der Waals surface area contributed by atoms with Gasteiger partial charge >= 0.3 is 8.16 Å². The van der Waals surface area contributed by atoms with Gasteiger partial charge in [0.05, 0.1) is 7.14 Å². The molecule has 0 bridgehead atoms. The number of hydrogen-bond acceptors (Lipinski definition) is 3. The topological polar surface area (TPSA) is 29.5 Å². The molecule has 0 spiro atoms. The van der Waals surface area contributed by atoms with Crippen LogP contribution in [-0.2, 0) is 0 Å². The first-order valence-electron chi connectivity index (χ1n) is 14.0. The van der Waals surface area contributed by atoms with E-state index in [1.54, 1.807) is 0 Å². The summed E-state index contributed by atoms with van der Waals surface area (Å²) in [6, 6.07) is 43.1. The summed E-state index contributed by atoms with van der Waals surface area (Å²) in [5, 5.41) is 6.92. The predicted molar refractivity (Wildman–Crippen MR) is 195 cm³/mol. The van der Waals surface area contributed by atoms with Gasteiger partial charge in [0.25, 0.3) is 0 Å². The predicted octanol–water partition coefficient (Wildman–Crippen LogP) is 12.3. The van der Waals surface area contributed by atoms with Crippen LogP contribution in [0.1, 0.15) is 37.1 Å². The first-order valence-corrected chi connectivity index (χ1v) is 17.3. The Kier molecular flexibility index (Phi) is 7.78. The average molecular weight is 791 g/mol. The minimum Gasteiger partial charge on any atom is -0.407 e. The van der Waals surface area contributed by atoms with E-state index in [1.807, 2.05) is 0 Å². The van der Waals surface area contributed by atoms with Crippen LogP contribution >= 0.6 is 53.3 Å². The van der Waals surface area contributed by atoms with E-state index in [1.165, 1.54) is 32.7 Å². The molecule has 7 aromatic rings. The van der Waals surface area contributed by atoms with Crippen LogP contribution in [-0.4, -0.2) is 0 Å². The second-order valence-electron chi connectivity index (χ2n) is 10.5. The van der Waals surface area contributed by atoms with E-state index in [9.17, 15) is 0 Å². The maximum Gasteiger partial charge on any atom is 0.310 e. The van der Waals surface area contributed by atoms with Crippen LogP contribution < -0.4 is 4.67 Å². The Morgan fingerprint density at radius 3 is 1.36 bits per heavy atom. The maximum absolute atomic E-state index is 7.19. The lowest BCUT2D eigenvalue weighted by Gasteiger charge is -2.31. The van der Waals surface area contributed by atoms with Gasteiger partial charge in [0.2, 0.25) is 0 Å². The fourth-order valence-corrected chi connectivity index (χ4v) is 9.45. The van der Waals surface area contributed by atoms with Crippen LogP contribution in [0.5, 0.6) is 0 Å². The van der Waals surface area contributed by atoms with Gasteiger partial charge in [0.1, 0.15) is 0 Å². The molecule has 0 radical (unpaired) electrons. The van der Waals surface area contributed by atoms with E-state index in [2.05, 4.69) is 185 Å². The Morgan fingerprint density at radius 1 is 0.548 bits per heavy atom. The van der Waals surface area contributed by atoms with Gasteiger partial charge in [-0.2, -0.15) is 4.67 Å². The van der Waals surface area contributed by atoms with Gasteiger partial charge in [0.15, 0.2) is 11.2 Å². The Balaban J connectivity index is 1.65. The summed E-state index contributed by atoms with van der Waals surface area (Å²) in [5.41, 5.74) is 4.22. The molecule has 0 aliphatic carbocycles. The Bertz CT molecular complexity index is 1960. The first-order chi connectivity index (χ1) is 20.5. The molecule has 0 fully saturated rings. The molecule has 2 atom stereocenters. The van der Waals surface area contributed by atoms with Gasteiger partial charge in [-0.3, -0.25) is 0 Å². The molecule has 2 unspecified atom stereocenters. The number of hydrogen-bond donors (Lipinski definition) is 0. The molecule has 208 valence electrons. The second-order valence-corrected chi connectivity index (χ2v) is 14.2. The van der Waals surface area contributed by atoms with Crippen molar-refractivity contribution in [2.75, 3.05) is 4.67 Å². The van der Waals surface area contributed by atoms with Gasteiger partial charge in [-0.15, -0.1) is 0 Å². The molecule has 6 aromatic carbocycles. The van der Waals surface area contributed by atoms with Crippen molar-refractivity contribution in [3.8, 4) is 0 Å². The number of halogens is 2. The fraction of sp³-hybridized carbons (Fsp3) is 0.111. The summed E-state index contributed by atoms with van der Waals surface area (Å²) in [6.07, 6.45) is 0. The van der Waals surface area contributed by atoms with Gasteiger partial charge in [-0.1, -0.05) is 109 Å². The molecule has 7 rings (SSSR count). The van der Waals surface area contributed by atoms with Crippen molar-refractivity contribution >= 4 is 96.8 Å². The lowest BCUT2D eigenvalue weighted by atomic mass is 9.99. The summed E-state index contributed by atoms with van der Waals surface area (Å²) in [5.74, 6) is 0. The molecule has 0 saturated carbocycles. The van der Waals surface area contributed by atoms with Crippen LogP contribution in [0, 0.1) is 7.14 Å². The van der Waals surface area contributed by atoms with Crippen LogP contribution in [0.15, 0.2) is 130 Å². The Morgan fingerprint density at radius 2 is 0.929 bits per heavy atom. The largest absolute Gasteiger partial charge is 0.407 e. The van der Waals surface area contributed by atoms with Crippen LogP contribution in [0.25, 0.3) is 43.5 Å². The van der Waals surface area contributed by atoms with Crippen LogP contribution in [0.4, 0.5) is 0 Å².